The summed E-state index contributed by atoms with van der Waals surface area (Å²) < 4.78 is 0. The molecule has 3 heteroatoms. The summed E-state index contributed by atoms with van der Waals surface area (Å²) in [4.78, 5) is 16.7. The summed E-state index contributed by atoms with van der Waals surface area (Å²) >= 11 is 0. The van der Waals surface area contributed by atoms with E-state index < -0.39 is 0 Å². The van der Waals surface area contributed by atoms with Crippen molar-refractivity contribution in [2.45, 2.75) is 65.2 Å². The van der Waals surface area contributed by atoms with Gasteiger partial charge in [0.05, 0.1) is 0 Å². The summed E-state index contributed by atoms with van der Waals surface area (Å²) in [7, 11) is 0. The second-order valence-electron chi connectivity index (χ2n) is 8.62. The smallest absolute Gasteiger partial charge is 0.222 e. The van der Waals surface area contributed by atoms with Gasteiger partial charge in [-0.25, -0.2) is 0 Å². The Bertz CT molecular complexity index is 577. The predicted octanol–water partition coefficient (Wildman–Crippen LogP) is 4.82. The zero-order valence-corrected chi connectivity index (χ0v) is 16.3. The molecule has 3 nitrogen and oxygen atoms in total. The van der Waals surface area contributed by atoms with Gasteiger partial charge in [-0.05, 0) is 55.1 Å². The SMILES string of the molecule is CCCC(=O)N1CCN(c2ccccc2C2CCC(C)(C)CC2)CC1. The normalized spacial score (nSPS) is 21.4. The molecule has 0 unspecified atom stereocenters. The Kier molecular flexibility index (Phi) is 5.71. The predicted molar refractivity (Wildman–Crippen MR) is 105 cm³/mol. The van der Waals surface area contributed by atoms with Gasteiger partial charge in [-0.2, -0.15) is 0 Å². The lowest BCUT2D eigenvalue weighted by Crippen LogP contribution is -2.49. The van der Waals surface area contributed by atoms with E-state index in [0.29, 0.717) is 23.7 Å². The van der Waals surface area contributed by atoms with Crippen molar-refractivity contribution in [3.8, 4) is 0 Å². The maximum Gasteiger partial charge on any atom is 0.222 e. The second kappa shape index (κ2) is 7.80. The van der Waals surface area contributed by atoms with E-state index in [0.717, 1.165) is 32.6 Å². The summed E-state index contributed by atoms with van der Waals surface area (Å²) in [5.41, 5.74) is 3.46. The van der Waals surface area contributed by atoms with Crippen LogP contribution in [0.25, 0.3) is 0 Å². The highest BCUT2D eigenvalue weighted by molar-refractivity contribution is 5.76. The van der Waals surface area contributed by atoms with Crippen molar-refractivity contribution in [3.05, 3.63) is 29.8 Å². The van der Waals surface area contributed by atoms with Crippen LogP contribution in [0.1, 0.15) is 70.8 Å². The summed E-state index contributed by atoms with van der Waals surface area (Å²) in [6, 6.07) is 8.99. The molecule has 3 rings (SSSR count). The van der Waals surface area contributed by atoms with Gasteiger partial charge in [-0.15, -0.1) is 0 Å². The Hall–Kier alpha value is -1.51. The minimum absolute atomic E-state index is 0.324. The third kappa shape index (κ3) is 4.37. The zero-order valence-electron chi connectivity index (χ0n) is 16.3. The maximum atomic E-state index is 12.1. The van der Waals surface area contributed by atoms with Gasteiger partial charge < -0.3 is 9.80 Å². The minimum atomic E-state index is 0.324. The summed E-state index contributed by atoms with van der Waals surface area (Å²) in [5, 5.41) is 0. The fourth-order valence-corrected chi connectivity index (χ4v) is 4.40. The molecule has 0 spiro atoms. The van der Waals surface area contributed by atoms with Crippen molar-refractivity contribution < 1.29 is 4.79 Å². The molecule has 0 bridgehead atoms. The van der Waals surface area contributed by atoms with Gasteiger partial charge in [-0.3, -0.25) is 4.79 Å². The van der Waals surface area contributed by atoms with Crippen LogP contribution < -0.4 is 4.90 Å². The molecule has 1 heterocycles. The van der Waals surface area contributed by atoms with Gasteiger partial charge in [0.15, 0.2) is 0 Å². The molecule has 2 aliphatic rings. The number of para-hydroxylation sites is 1. The number of piperazine rings is 1. The molecule has 1 aromatic carbocycles. The van der Waals surface area contributed by atoms with Crippen LogP contribution in [0.2, 0.25) is 0 Å². The van der Waals surface area contributed by atoms with Crippen molar-refractivity contribution in [2.75, 3.05) is 31.1 Å². The Labute approximate surface area is 153 Å². The lowest BCUT2D eigenvalue weighted by atomic mass is 9.71. The van der Waals surface area contributed by atoms with Crippen LogP contribution in [-0.4, -0.2) is 37.0 Å². The number of nitrogens with zero attached hydrogens (tertiary/aromatic N) is 2. The molecule has 0 atom stereocenters. The number of benzene rings is 1. The maximum absolute atomic E-state index is 12.1. The number of amides is 1. The number of hydrogen-bond acceptors (Lipinski definition) is 2. The molecular formula is C22H34N2O. The molecule has 1 aliphatic heterocycles. The van der Waals surface area contributed by atoms with E-state index in [1.54, 1.807) is 0 Å². The Morgan fingerprint density at radius 1 is 1.08 bits per heavy atom. The van der Waals surface area contributed by atoms with E-state index in [2.05, 4.69) is 49.9 Å². The Morgan fingerprint density at radius 3 is 2.36 bits per heavy atom. The fourth-order valence-electron chi connectivity index (χ4n) is 4.40. The van der Waals surface area contributed by atoms with Crippen LogP contribution >= 0.6 is 0 Å². The van der Waals surface area contributed by atoms with E-state index in [4.69, 9.17) is 0 Å². The van der Waals surface area contributed by atoms with E-state index >= 15 is 0 Å². The standard InChI is InChI=1S/C22H34N2O/c1-4-7-21(25)24-16-14-23(15-17-24)20-9-6-5-8-19(20)18-10-12-22(2,3)13-11-18/h5-6,8-9,18H,4,7,10-17H2,1-3H3. The van der Waals surface area contributed by atoms with E-state index in [1.807, 2.05) is 4.90 Å². The number of hydrogen-bond donors (Lipinski definition) is 0. The molecule has 0 radical (unpaired) electrons. The first-order chi connectivity index (χ1) is 12.0. The highest BCUT2D eigenvalue weighted by Gasteiger charge is 2.30. The quantitative estimate of drug-likeness (QED) is 0.783. The van der Waals surface area contributed by atoms with E-state index in [-0.39, 0.29) is 0 Å². The number of carbonyl (C=O) groups is 1. The van der Waals surface area contributed by atoms with E-state index in [1.165, 1.54) is 36.9 Å². The second-order valence-corrected chi connectivity index (χ2v) is 8.62. The third-order valence-electron chi connectivity index (χ3n) is 6.15. The zero-order chi connectivity index (χ0) is 17.9. The van der Waals surface area contributed by atoms with Crippen LogP contribution in [-0.2, 0) is 4.79 Å². The molecule has 25 heavy (non-hydrogen) atoms. The number of anilines is 1. The molecule has 138 valence electrons. The van der Waals surface area contributed by atoms with Crippen LogP contribution in [0.5, 0.6) is 0 Å². The Balaban J connectivity index is 1.67. The monoisotopic (exact) mass is 342 g/mol. The van der Waals surface area contributed by atoms with Crippen molar-refractivity contribution in [3.63, 3.8) is 0 Å². The summed E-state index contributed by atoms with van der Waals surface area (Å²) in [5.74, 6) is 1.02. The number of rotatable bonds is 4. The topological polar surface area (TPSA) is 23.6 Å². The molecule has 0 aromatic heterocycles. The van der Waals surface area contributed by atoms with Crippen molar-refractivity contribution in [1.82, 2.24) is 4.90 Å². The van der Waals surface area contributed by atoms with E-state index in [9.17, 15) is 4.79 Å². The lowest BCUT2D eigenvalue weighted by Gasteiger charge is -2.39. The van der Waals surface area contributed by atoms with Crippen LogP contribution in [0.4, 0.5) is 5.69 Å². The fraction of sp³-hybridized carbons (Fsp3) is 0.682. The molecule has 1 aromatic rings. The van der Waals surface area contributed by atoms with Crippen LogP contribution in [0.15, 0.2) is 24.3 Å². The third-order valence-corrected chi connectivity index (χ3v) is 6.15. The van der Waals surface area contributed by atoms with Gasteiger partial charge in [0.2, 0.25) is 5.91 Å². The summed E-state index contributed by atoms with van der Waals surface area (Å²) in [6.07, 6.45) is 6.89. The molecule has 2 fully saturated rings. The van der Waals surface area contributed by atoms with Gasteiger partial charge >= 0.3 is 0 Å². The van der Waals surface area contributed by atoms with Gasteiger partial charge in [0.1, 0.15) is 0 Å². The molecule has 1 amide bonds. The van der Waals surface area contributed by atoms with Gasteiger partial charge in [0.25, 0.3) is 0 Å². The minimum Gasteiger partial charge on any atom is -0.368 e. The number of carbonyl (C=O) groups excluding carboxylic acids is 1. The molecule has 1 saturated carbocycles. The molecule has 1 aliphatic carbocycles. The lowest BCUT2D eigenvalue weighted by molar-refractivity contribution is -0.131. The van der Waals surface area contributed by atoms with Gasteiger partial charge in [0, 0.05) is 38.3 Å². The van der Waals surface area contributed by atoms with Crippen molar-refractivity contribution in [2.24, 2.45) is 5.41 Å². The average molecular weight is 343 g/mol. The van der Waals surface area contributed by atoms with Crippen LogP contribution in [0, 0.1) is 5.41 Å². The van der Waals surface area contributed by atoms with Gasteiger partial charge in [-0.1, -0.05) is 39.0 Å². The first-order valence-corrected chi connectivity index (χ1v) is 10.1. The molecule has 0 N–H and O–H groups in total. The first-order valence-electron chi connectivity index (χ1n) is 10.1. The van der Waals surface area contributed by atoms with Crippen LogP contribution in [0.3, 0.4) is 0 Å². The van der Waals surface area contributed by atoms with Crippen molar-refractivity contribution in [1.29, 1.82) is 0 Å². The first kappa shape index (κ1) is 18.3. The largest absolute Gasteiger partial charge is 0.368 e. The summed E-state index contributed by atoms with van der Waals surface area (Å²) in [6.45, 7) is 10.5. The molecular weight excluding hydrogens is 308 g/mol. The van der Waals surface area contributed by atoms with Crippen molar-refractivity contribution >= 4 is 11.6 Å². The highest BCUT2D eigenvalue weighted by atomic mass is 16.2. The average Bonchev–Trinajstić information content (AvgIpc) is 2.62. The highest BCUT2D eigenvalue weighted by Crippen LogP contribution is 2.44. The Morgan fingerprint density at radius 2 is 1.72 bits per heavy atom. The molecule has 1 saturated heterocycles.